The predicted octanol–water partition coefficient (Wildman–Crippen LogP) is 6.11. The summed E-state index contributed by atoms with van der Waals surface area (Å²) in [7, 11) is 1.48. The van der Waals surface area contributed by atoms with Crippen LogP contribution in [-0.2, 0) is 17.4 Å². The molecule has 1 aromatic heterocycles. The van der Waals surface area contributed by atoms with E-state index in [4.69, 9.17) is 11.6 Å². The molecule has 3 rings (SSSR count). The summed E-state index contributed by atoms with van der Waals surface area (Å²) in [6.45, 7) is -3.02. The lowest BCUT2D eigenvalue weighted by molar-refractivity contribution is -0.141. The number of halogens is 6. The Morgan fingerprint density at radius 3 is 2.36 bits per heavy atom. The van der Waals surface area contributed by atoms with Crippen LogP contribution in [0.1, 0.15) is 40.9 Å². The Labute approximate surface area is 209 Å². The third-order valence-electron chi connectivity index (χ3n) is 5.40. The molecule has 2 aromatic carbocycles. The van der Waals surface area contributed by atoms with Crippen LogP contribution in [0.4, 0.5) is 22.0 Å². The van der Waals surface area contributed by atoms with Crippen LogP contribution < -0.4 is 15.4 Å². The van der Waals surface area contributed by atoms with Gasteiger partial charge in [-0.3, -0.25) is 15.1 Å². The highest BCUT2D eigenvalue weighted by Crippen LogP contribution is 2.30. The van der Waals surface area contributed by atoms with Crippen molar-refractivity contribution in [2.24, 2.45) is 0 Å². The molecule has 0 radical (unpaired) electrons. The molecular weight excluding hydrogens is 505 g/mol. The first-order valence-electron chi connectivity index (χ1n) is 10.9. The molecule has 1 unspecified atom stereocenters. The molecule has 0 spiro atoms. The van der Waals surface area contributed by atoms with Crippen LogP contribution in [0.25, 0.3) is 0 Å². The molecule has 0 saturated carbocycles. The Bertz CT molecular complexity index is 1140. The van der Waals surface area contributed by atoms with Crippen molar-refractivity contribution in [2.75, 3.05) is 7.05 Å². The van der Waals surface area contributed by atoms with Gasteiger partial charge in [0.05, 0.1) is 0 Å². The molecule has 1 amide bonds. The standard InChI is InChI=1S/C25H23ClF5N3O2/c1-32-23(35)22(16-7-9-18(26)10-8-16)34-20(17-3-2-4-19(13-17)36-24(27)28)11-5-15-6-12-21(33-14-15)25(29,30)31/h2-4,6-10,12-14,20,22,24,34H,5,11H2,1H3,(H,32,35)/t20-,22?/m0/s1. The number of aryl methyl sites for hydroxylation is 1. The number of hydrogen-bond acceptors (Lipinski definition) is 4. The molecule has 11 heteroatoms. The summed E-state index contributed by atoms with van der Waals surface area (Å²) in [5, 5.41) is 6.32. The summed E-state index contributed by atoms with van der Waals surface area (Å²) in [6.07, 6.45) is -2.80. The molecule has 0 saturated heterocycles. The number of aromatic nitrogens is 1. The van der Waals surface area contributed by atoms with E-state index in [9.17, 15) is 26.7 Å². The van der Waals surface area contributed by atoms with Crippen LogP contribution in [-0.4, -0.2) is 24.6 Å². The lowest BCUT2D eigenvalue weighted by atomic mass is 9.96. The molecule has 5 nitrogen and oxygen atoms in total. The summed E-state index contributed by atoms with van der Waals surface area (Å²) in [5.41, 5.74) is 0.703. The normalized spacial score (nSPS) is 13.3. The van der Waals surface area contributed by atoms with Gasteiger partial charge >= 0.3 is 12.8 Å². The van der Waals surface area contributed by atoms with Gasteiger partial charge in [-0.1, -0.05) is 41.9 Å². The molecule has 0 fully saturated rings. The van der Waals surface area contributed by atoms with Crippen LogP contribution in [0.3, 0.4) is 0 Å². The van der Waals surface area contributed by atoms with Crippen molar-refractivity contribution >= 4 is 17.5 Å². The van der Waals surface area contributed by atoms with Crippen LogP contribution in [0.5, 0.6) is 5.75 Å². The van der Waals surface area contributed by atoms with E-state index in [0.29, 0.717) is 34.6 Å². The second-order valence-electron chi connectivity index (χ2n) is 7.86. The van der Waals surface area contributed by atoms with Gasteiger partial charge in [-0.05, 0) is 59.9 Å². The molecule has 0 bridgehead atoms. The SMILES string of the molecule is CNC(=O)C(N[C@@H](CCc1ccc(C(F)(F)F)nc1)c1cccc(OC(F)F)c1)c1ccc(Cl)cc1. The highest BCUT2D eigenvalue weighted by molar-refractivity contribution is 6.30. The Balaban J connectivity index is 1.90. The minimum Gasteiger partial charge on any atom is -0.435 e. The van der Waals surface area contributed by atoms with Gasteiger partial charge in [-0.15, -0.1) is 0 Å². The zero-order chi connectivity index (χ0) is 26.3. The maximum absolute atomic E-state index is 12.8. The molecule has 192 valence electrons. The van der Waals surface area contributed by atoms with Crippen LogP contribution in [0, 0.1) is 0 Å². The van der Waals surface area contributed by atoms with Gasteiger partial charge in [0.25, 0.3) is 0 Å². The van der Waals surface area contributed by atoms with E-state index >= 15 is 0 Å². The van der Waals surface area contributed by atoms with Gasteiger partial charge in [0.15, 0.2) is 0 Å². The smallest absolute Gasteiger partial charge is 0.433 e. The van der Waals surface area contributed by atoms with Gasteiger partial charge in [0.1, 0.15) is 17.5 Å². The van der Waals surface area contributed by atoms with Crippen molar-refractivity contribution in [1.29, 1.82) is 0 Å². The zero-order valence-corrected chi connectivity index (χ0v) is 19.8. The lowest BCUT2D eigenvalue weighted by Gasteiger charge is -2.26. The third-order valence-corrected chi connectivity index (χ3v) is 5.65. The molecular formula is C25H23ClF5N3O2. The predicted molar refractivity (Wildman–Crippen MR) is 125 cm³/mol. The number of rotatable bonds is 10. The zero-order valence-electron chi connectivity index (χ0n) is 19.0. The monoisotopic (exact) mass is 527 g/mol. The van der Waals surface area contributed by atoms with Crippen molar-refractivity contribution in [3.8, 4) is 5.75 Å². The van der Waals surface area contributed by atoms with E-state index in [1.807, 2.05) is 0 Å². The molecule has 0 aliphatic carbocycles. The second kappa shape index (κ2) is 12.1. The molecule has 3 aromatic rings. The number of amides is 1. The average molecular weight is 528 g/mol. The number of alkyl halides is 5. The Morgan fingerprint density at radius 1 is 1.06 bits per heavy atom. The van der Waals surface area contributed by atoms with Gasteiger partial charge in [0, 0.05) is 24.3 Å². The lowest BCUT2D eigenvalue weighted by Crippen LogP contribution is -2.38. The van der Waals surface area contributed by atoms with E-state index in [1.54, 1.807) is 36.4 Å². The van der Waals surface area contributed by atoms with E-state index in [-0.39, 0.29) is 11.7 Å². The topological polar surface area (TPSA) is 63.2 Å². The van der Waals surface area contributed by atoms with Gasteiger partial charge < -0.3 is 10.1 Å². The van der Waals surface area contributed by atoms with Crippen LogP contribution >= 0.6 is 11.6 Å². The highest BCUT2D eigenvalue weighted by Gasteiger charge is 2.32. The van der Waals surface area contributed by atoms with E-state index in [0.717, 1.165) is 12.3 Å². The van der Waals surface area contributed by atoms with Gasteiger partial charge in [-0.2, -0.15) is 22.0 Å². The number of carbonyl (C=O) groups is 1. The Hall–Kier alpha value is -3.24. The second-order valence-corrected chi connectivity index (χ2v) is 8.29. The quantitative estimate of drug-likeness (QED) is 0.312. The number of nitrogens with zero attached hydrogens (tertiary/aromatic N) is 1. The van der Waals surface area contributed by atoms with Crippen molar-refractivity contribution in [2.45, 2.75) is 37.7 Å². The third kappa shape index (κ3) is 7.63. The minimum absolute atomic E-state index is 0.0616. The van der Waals surface area contributed by atoms with Crippen molar-refractivity contribution in [1.82, 2.24) is 15.6 Å². The number of ether oxygens (including phenoxy) is 1. The molecule has 2 N–H and O–H groups in total. The van der Waals surface area contributed by atoms with E-state index in [2.05, 4.69) is 20.4 Å². The number of likely N-dealkylation sites (N-methyl/N-ethyl adjacent to an activating group) is 1. The van der Waals surface area contributed by atoms with Crippen molar-refractivity contribution < 1.29 is 31.5 Å². The molecule has 0 aliphatic rings. The fourth-order valence-electron chi connectivity index (χ4n) is 3.63. The number of carbonyl (C=O) groups excluding carboxylic acids is 1. The fourth-order valence-corrected chi connectivity index (χ4v) is 3.75. The summed E-state index contributed by atoms with van der Waals surface area (Å²) < 4.78 is 68.6. The summed E-state index contributed by atoms with van der Waals surface area (Å²) >= 11 is 5.97. The first kappa shape index (κ1) is 27.3. The van der Waals surface area contributed by atoms with E-state index < -0.39 is 30.6 Å². The Kier molecular flexibility index (Phi) is 9.22. The first-order valence-corrected chi connectivity index (χ1v) is 11.2. The fraction of sp³-hybridized carbons (Fsp3) is 0.280. The number of benzene rings is 2. The first-order chi connectivity index (χ1) is 17.1. The molecule has 1 heterocycles. The summed E-state index contributed by atoms with van der Waals surface area (Å²) in [6, 6.07) is 13.5. The Morgan fingerprint density at radius 2 is 1.78 bits per heavy atom. The number of pyridine rings is 1. The minimum atomic E-state index is -4.55. The molecule has 36 heavy (non-hydrogen) atoms. The van der Waals surface area contributed by atoms with Gasteiger partial charge in [0.2, 0.25) is 5.91 Å². The van der Waals surface area contributed by atoms with E-state index in [1.165, 1.54) is 25.2 Å². The largest absolute Gasteiger partial charge is 0.435 e. The summed E-state index contributed by atoms with van der Waals surface area (Å²) in [5.74, 6) is -0.410. The van der Waals surface area contributed by atoms with Crippen LogP contribution in [0.15, 0.2) is 66.9 Å². The van der Waals surface area contributed by atoms with Crippen LogP contribution in [0.2, 0.25) is 5.02 Å². The van der Waals surface area contributed by atoms with Crippen molar-refractivity contribution in [3.63, 3.8) is 0 Å². The van der Waals surface area contributed by atoms with Crippen molar-refractivity contribution in [3.05, 3.63) is 94.3 Å². The average Bonchev–Trinajstić information content (AvgIpc) is 2.84. The number of hydrogen-bond donors (Lipinski definition) is 2. The summed E-state index contributed by atoms with van der Waals surface area (Å²) in [4.78, 5) is 16.2. The van der Waals surface area contributed by atoms with Gasteiger partial charge in [-0.25, -0.2) is 0 Å². The highest BCUT2D eigenvalue weighted by atomic mass is 35.5. The maximum Gasteiger partial charge on any atom is 0.433 e. The molecule has 0 aliphatic heterocycles. The number of nitrogens with one attached hydrogen (secondary N) is 2. The molecule has 2 atom stereocenters. The maximum atomic E-state index is 12.8.